The third-order valence-corrected chi connectivity index (χ3v) is 6.61. The number of carbonyl (C=O) groups is 2. The molecule has 1 unspecified atom stereocenters. The normalized spacial score (nSPS) is 12.9. The molecule has 0 fully saturated rings. The third-order valence-electron chi connectivity index (χ3n) is 6.61. The first kappa shape index (κ1) is 34.9. The van der Waals surface area contributed by atoms with Crippen LogP contribution in [0.1, 0.15) is 54.7 Å². The predicted octanol–water partition coefficient (Wildman–Crippen LogP) is 8.06. The van der Waals surface area contributed by atoms with Crippen molar-refractivity contribution in [1.29, 1.82) is 0 Å². The third kappa shape index (κ3) is 8.54. The van der Waals surface area contributed by atoms with E-state index in [1.54, 1.807) is 45.9 Å². The van der Waals surface area contributed by atoms with Gasteiger partial charge in [-0.3, -0.25) is 0 Å². The van der Waals surface area contributed by atoms with Gasteiger partial charge in [0.15, 0.2) is 5.60 Å². The van der Waals surface area contributed by atoms with Gasteiger partial charge in [-0.2, -0.15) is 13.2 Å². The van der Waals surface area contributed by atoms with Crippen molar-refractivity contribution in [3.63, 3.8) is 0 Å². The Morgan fingerprint density at radius 2 is 1.51 bits per heavy atom. The molecule has 0 aliphatic carbocycles. The van der Waals surface area contributed by atoms with Crippen molar-refractivity contribution in [2.75, 3.05) is 20.3 Å². The minimum absolute atomic E-state index is 0.0355. The molecule has 0 radical (unpaired) electrons. The molecule has 0 aromatic heterocycles. The number of hydrogen-bond acceptors (Lipinski definition) is 7. The van der Waals surface area contributed by atoms with E-state index in [0.717, 1.165) is 17.7 Å². The summed E-state index contributed by atoms with van der Waals surface area (Å²) in [6.45, 7) is 12.8. The number of halogens is 3. The second kappa shape index (κ2) is 14.5. The van der Waals surface area contributed by atoms with Crippen LogP contribution >= 0.6 is 0 Å². The highest BCUT2D eigenvalue weighted by atomic mass is 19.4. The van der Waals surface area contributed by atoms with Crippen molar-refractivity contribution in [3.8, 4) is 22.6 Å². The molecule has 0 aliphatic heterocycles. The maximum Gasteiger partial charge on any atom is 0.419 e. The summed E-state index contributed by atoms with van der Waals surface area (Å²) in [6, 6.07) is 16.2. The van der Waals surface area contributed by atoms with Crippen LogP contribution < -0.4 is 9.47 Å². The van der Waals surface area contributed by atoms with Gasteiger partial charge in [0.1, 0.15) is 42.5 Å². The van der Waals surface area contributed by atoms with E-state index in [1.807, 2.05) is 30.3 Å². The number of hydrogen-bond donors (Lipinski definition) is 0. The molecular formula is C35H37F3O7. The van der Waals surface area contributed by atoms with Crippen LogP contribution in [0.5, 0.6) is 11.5 Å². The Labute approximate surface area is 261 Å². The van der Waals surface area contributed by atoms with Gasteiger partial charge in [0.05, 0.1) is 5.56 Å². The van der Waals surface area contributed by atoms with Crippen LogP contribution in [0.15, 0.2) is 86.0 Å². The van der Waals surface area contributed by atoms with Gasteiger partial charge in [-0.25, -0.2) is 9.59 Å². The molecule has 240 valence electrons. The molecule has 0 spiro atoms. The molecule has 3 aromatic carbocycles. The fourth-order valence-electron chi connectivity index (χ4n) is 4.43. The van der Waals surface area contributed by atoms with E-state index in [1.165, 1.54) is 19.3 Å². The summed E-state index contributed by atoms with van der Waals surface area (Å²) in [6.07, 6.45) is -2.12. The number of esters is 2. The molecule has 3 rings (SSSR count). The molecule has 0 bridgehead atoms. The Hall–Kier alpha value is -4.57. The summed E-state index contributed by atoms with van der Waals surface area (Å²) >= 11 is 0. The molecule has 3 aromatic rings. The number of alkyl halides is 3. The van der Waals surface area contributed by atoms with Gasteiger partial charge in [0, 0.05) is 18.2 Å². The minimum Gasteiger partial charge on any atom is -0.489 e. The smallest absolute Gasteiger partial charge is 0.419 e. The van der Waals surface area contributed by atoms with Gasteiger partial charge >= 0.3 is 18.1 Å². The van der Waals surface area contributed by atoms with Crippen molar-refractivity contribution in [1.82, 2.24) is 0 Å². The second-order valence-electron chi connectivity index (χ2n) is 11.1. The van der Waals surface area contributed by atoms with Gasteiger partial charge in [-0.15, -0.1) is 0 Å². The number of rotatable bonds is 13. The van der Waals surface area contributed by atoms with Crippen LogP contribution in [0.2, 0.25) is 0 Å². The quantitative estimate of drug-likeness (QED) is 0.140. The number of ether oxygens (including phenoxy) is 5. The maximum atomic E-state index is 14.0. The first-order chi connectivity index (χ1) is 21.2. The average Bonchev–Trinajstić information content (AvgIpc) is 2.99. The molecule has 10 heteroatoms. The van der Waals surface area contributed by atoms with E-state index in [9.17, 15) is 22.8 Å². The summed E-state index contributed by atoms with van der Waals surface area (Å²) in [7, 11) is 1.37. The largest absolute Gasteiger partial charge is 0.489 e. The van der Waals surface area contributed by atoms with Crippen LogP contribution in [-0.4, -0.2) is 37.9 Å². The fraction of sp³-hybridized carbons (Fsp3) is 0.314. The fourth-order valence-corrected chi connectivity index (χ4v) is 4.43. The van der Waals surface area contributed by atoms with Crippen LogP contribution in [0.25, 0.3) is 11.1 Å². The van der Waals surface area contributed by atoms with Crippen molar-refractivity contribution < 1.29 is 46.4 Å². The van der Waals surface area contributed by atoms with Crippen molar-refractivity contribution in [2.24, 2.45) is 0 Å². The average molecular weight is 627 g/mol. The van der Waals surface area contributed by atoms with Gasteiger partial charge in [-0.1, -0.05) is 67.8 Å². The van der Waals surface area contributed by atoms with E-state index in [-0.39, 0.29) is 31.1 Å². The van der Waals surface area contributed by atoms with Crippen LogP contribution in [-0.2, 0) is 37.4 Å². The highest BCUT2D eigenvalue weighted by Gasteiger charge is 2.40. The lowest BCUT2D eigenvalue weighted by molar-refractivity contribution is -0.167. The second-order valence-corrected chi connectivity index (χ2v) is 11.1. The summed E-state index contributed by atoms with van der Waals surface area (Å²) in [5.41, 5.74) is -2.19. The first-order valence-electron chi connectivity index (χ1n) is 14.0. The van der Waals surface area contributed by atoms with E-state index < -0.39 is 46.2 Å². The lowest BCUT2D eigenvalue weighted by Crippen LogP contribution is -2.37. The molecule has 0 aliphatic rings. The molecular weight excluding hydrogens is 589 g/mol. The first-order valence-corrected chi connectivity index (χ1v) is 14.0. The lowest BCUT2D eigenvalue weighted by atomic mass is 9.87. The Morgan fingerprint density at radius 3 is 2.09 bits per heavy atom. The van der Waals surface area contributed by atoms with Gasteiger partial charge in [0.2, 0.25) is 0 Å². The Kier molecular flexibility index (Phi) is 11.2. The van der Waals surface area contributed by atoms with Gasteiger partial charge in [-0.05, 0) is 57.0 Å². The Bertz CT molecular complexity index is 1520. The monoisotopic (exact) mass is 626 g/mol. The molecule has 1 atom stereocenters. The van der Waals surface area contributed by atoms with Crippen molar-refractivity contribution in [3.05, 3.63) is 108 Å². The number of carbonyl (C=O) groups excluding carboxylic acids is 2. The molecule has 0 saturated heterocycles. The van der Waals surface area contributed by atoms with Crippen LogP contribution in [0, 0.1) is 0 Å². The molecule has 0 N–H and O–H groups in total. The number of methoxy groups -OCH3 is 1. The summed E-state index contributed by atoms with van der Waals surface area (Å²) < 4.78 is 70.0. The zero-order chi connectivity index (χ0) is 33.4. The molecule has 45 heavy (non-hydrogen) atoms. The summed E-state index contributed by atoms with van der Waals surface area (Å²) in [4.78, 5) is 26.5. The Balaban J connectivity index is 2.14. The maximum absolute atomic E-state index is 14.0. The minimum atomic E-state index is -4.82. The zero-order valence-corrected chi connectivity index (χ0v) is 26.0. The van der Waals surface area contributed by atoms with E-state index in [0.29, 0.717) is 11.1 Å². The zero-order valence-electron chi connectivity index (χ0n) is 26.0. The summed E-state index contributed by atoms with van der Waals surface area (Å²) in [5, 5.41) is 0. The molecule has 0 saturated carbocycles. The standard InChI is InChI=1S/C35H37F3O7/c1-8-19-42-30-27(35(36,37)38)18-15-24(29(30)31(39)45-33(3,4)5)22-44-25-16-17-26(23-13-11-10-12-14-23)28(21-25)34(6,41-7)32(40)43-20-9-2/h8-18,21H,1-2,19-20,22H2,3-7H3. The highest BCUT2D eigenvalue weighted by Crippen LogP contribution is 2.41. The SMILES string of the molecule is C=CCOC(=O)C(C)(OC)c1cc(OCc2ccc(C(F)(F)F)c(OCC=C)c2C(=O)OC(C)(C)C)ccc1-c1ccccc1. The molecule has 7 nitrogen and oxygen atoms in total. The van der Waals surface area contributed by atoms with Crippen LogP contribution in [0.4, 0.5) is 13.2 Å². The molecule has 0 heterocycles. The van der Waals surface area contributed by atoms with Crippen molar-refractivity contribution >= 4 is 11.9 Å². The van der Waals surface area contributed by atoms with Crippen molar-refractivity contribution in [2.45, 2.75) is 51.7 Å². The lowest BCUT2D eigenvalue weighted by Gasteiger charge is -2.29. The van der Waals surface area contributed by atoms with Gasteiger partial charge < -0.3 is 23.7 Å². The molecule has 0 amide bonds. The highest BCUT2D eigenvalue weighted by molar-refractivity contribution is 5.95. The van der Waals surface area contributed by atoms with E-state index in [4.69, 9.17) is 23.7 Å². The van der Waals surface area contributed by atoms with E-state index >= 15 is 0 Å². The summed E-state index contributed by atoms with van der Waals surface area (Å²) in [5.74, 6) is -2.12. The number of benzene rings is 3. The van der Waals surface area contributed by atoms with Gasteiger partial charge in [0.25, 0.3) is 0 Å². The predicted molar refractivity (Wildman–Crippen MR) is 164 cm³/mol. The Morgan fingerprint density at radius 1 is 0.844 bits per heavy atom. The topological polar surface area (TPSA) is 80.3 Å². The van der Waals surface area contributed by atoms with E-state index in [2.05, 4.69) is 13.2 Å². The van der Waals surface area contributed by atoms with Crippen LogP contribution in [0.3, 0.4) is 0 Å².